The third kappa shape index (κ3) is 5.97. The van der Waals surface area contributed by atoms with E-state index in [2.05, 4.69) is 0 Å². The van der Waals surface area contributed by atoms with Crippen LogP contribution in [0, 0.1) is 6.92 Å². The average molecular weight is 632 g/mol. The van der Waals surface area contributed by atoms with Gasteiger partial charge in [0.2, 0.25) is 0 Å². The fourth-order valence-electron chi connectivity index (χ4n) is 6.16. The first-order valence-corrected chi connectivity index (χ1v) is 16.5. The Kier molecular flexibility index (Phi) is 8.48. The number of hydrogen-bond acceptors (Lipinski definition) is 8. The van der Waals surface area contributed by atoms with Gasteiger partial charge in [0.25, 0.3) is 0 Å². The lowest BCUT2D eigenvalue weighted by Crippen LogP contribution is -2.29. The van der Waals surface area contributed by atoms with Crippen LogP contribution in [-0.2, 0) is 21.3 Å². The Hall–Kier alpha value is -3.40. The summed E-state index contributed by atoms with van der Waals surface area (Å²) in [6.07, 6.45) is 6.82. The number of rotatable bonds is 7. The molecule has 0 radical (unpaired) electrons. The number of thiazole rings is 1. The molecule has 10 heteroatoms. The molecule has 1 atom stereocenters. The van der Waals surface area contributed by atoms with Crippen LogP contribution in [0.3, 0.4) is 0 Å². The zero-order chi connectivity index (χ0) is 31.2. The lowest BCUT2D eigenvalue weighted by atomic mass is 9.87. The van der Waals surface area contributed by atoms with E-state index in [0.717, 1.165) is 67.2 Å². The molecule has 5 aromatic rings. The number of carbonyl (C=O) groups excluding carboxylic acids is 1. The molecule has 0 unspecified atom stereocenters. The summed E-state index contributed by atoms with van der Waals surface area (Å²) in [5, 5.41) is 6.25. The van der Waals surface area contributed by atoms with E-state index in [9.17, 15) is 4.79 Å². The number of nitrogens with zero attached hydrogens (tertiary/aromatic N) is 5. The second-order valence-corrected chi connectivity index (χ2v) is 13.9. The van der Waals surface area contributed by atoms with E-state index < -0.39 is 17.7 Å². The minimum atomic E-state index is -0.930. The lowest BCUT2D eigenvalue weighted by molar-refractivity contribution is -0.166. The molecule has 1 aliphatic carbocycles. The summed E-state index contributed by atoms with van der Waals surface area (Å²) in [5.74, 6) is -0.0235. The number of fused-ring (bicyclic) bond motifs is 2. The smallest absolute Gasteiger partial charge is 0.339 e. The molecule has 0 spiro atoms. The maximum absolute atomic E-state index is 13.5. The van der Waals surface area contributed by atoms with Gasteiger partial charge >= 0.3 is 5.97 Å². The van der Waals surface area contributed by atoms with E-state index in [1.165, 1.54) is 30.6 Å². The number of halogens is 1. The summed E-state index contributed by atoms with van der Waals surface area (Å²) in [5.41, 5.74) is 7.03. The van der Waals surface area contributed by atoms with Crippen LogP contribution >= 0.6 is 22.9 Å². The van der Waals surface area contributed by atoms with Crippen molar-refractivity contribution in [3.8, 4) is 21.8 Å². The maximum Gasteiger partial charge on any atom is 0.339 e. The lowest BCUT2D eigenvalue weighted by Gasteiger charge is -2.29. The van der Waals surface area contributed by atoms with Gasteiger partial charge in [-0.25, -0.2) is 24.4 Å². The van der Waals surface area contributed by atoms with Crippen molar-refractivity contribution < 1.29 is 14.3 Å². The van der Waals surface area contributed by atoms with Crippen molar-refractivity contribution in [2.45, 2.75) is 84.3 Å². The summed E-state index contributed by atoms with van der Waals surface area (Å²) >= 11 is 7.84. The largest absolute Gasteiger partial charge is 0.464 e. The van der Waals surface area contributed by atoms with Gasteiger partial charge in [-0.05, 0) is 76.8 Å². The van der Waals surface area contributed by atoms with Crippen LogP contribution in [0.5, 0.6) is 0 Å². The van der Waals surface area contributed by atoms with E-state index in [1.54, 1.807) is 13.1 Å². The van der Waals surface area contributed by atoms with Gasteiger partial charge in [0, 0.05) is 29.1 Å². The zero-order valence-corrected chi connectivity index (χ0v) is 27.7. The van der Waals surface area contributed by atoms with E-state index >= 15 is 0 Å². The first-order chi connectivity index (χ1) is 21.0. The van der Waals surface area contributed by atoms with E-state index in [0.29, 0.717) is 16.6 Å². The van der Waals surface area contributed by atoms with Crippen molar-refractivity contribution in [1.82, 2.24) is 24.7 Å². The molecule has 3 aromatic heterocycles. The van der Waals surface area contributed by atoms with E-state index in [4.69, 9.17) is 41.1 Å². The molecule has 3 heterocycles. The fourth-order valence-corrected chi connectivity index (χ4v) is 7.37. The van der Waals surface area contributed by atoms with Crippen molar-refractivity contribution in [2.75, 3.05) is 6.61 Å². The number of ether oxygens (including phenoxy) is 2. The van der Waals surface area contributed by atoms with Crippen LogP contribution in [0.2, 0.25) is 5.02 Å². The van der Waals surface area contributed by atoms with Crippen molar-refractivity contribution in [1.29, 1.82) is 0 Å². The van der Waals surface area contributed by atoms with Crippen LogP contribution < -0.4 is 0 Å². The highest BCUT2D eigenvalue weighted by Gasteiger charge is 2.34. The Balaban J connectivity index is 1.55. The monoisotopic (exact) mass is 631 g/mol. The summed E-state index contributed by atoms with van der Waals surface area (Å²) in [4.78, 5) is 28.4. The Morgan fingerprint density at radius 2 is 1.86 bits per heavy atom. The third-order valence-corrected chi connectivity index (χ3v) is 9.43. The second kappa shape index (κ2) is 12.2. The van der Waals surface area contributed by atoms with Crippen molar-refractivity contribution in [3.05, 3.63) is 58.4 Å². The zero-order valence-electron chi connectivity index (χ0n) is 26.1. The molecular formula is C34H38ClN5O3S. The average Bonchev–Trinajstić information content (AvgIpc) is 3.56. The minimum Gasteiger partial charge on any atom is -0.464 e. The molecule has 1 saturated carbocycles. The summed E-state index contributed by atoms with van der Waals surface area (Å²) in [6.45, 7) is 9.86. The molecule has 0 N–H and O–H groups in total. The van der Waals surface area contributed by atoms with Gasteiger partial charge in [0.05, 0.1) is 34.3 Å². The molecule has 2 aromatic carbocycles. The normalized spacial score (nSPS) is 15.2. The van der Waals surface area contributed by atoms with Gasteiger partial charge in [-0.1, -0.05) is 43.0 Å². The van der Waals surface area contributed by atoms with E-state index in [-0.39, 0.29) is 6.61 Å². The maximum atomic E-state index is 13.5. The summed E-state index contributed by atoms with van der Waals surface area (Å²) < 4.78 is 14.7. The molecule has 6 rings (SSSR count). The number of aryl methyl sites for hydroxylation is 2. The Morgan fingerprint density at radius 1 is 1.14 bits per heavy atom. The Morgan fingerprint density at radius 3 is 2.55 bits per heavy atom. The van der Waals surface area contributed by atoms with Crippen LogP contribution in [0.1, 0.15) is 88.6 Å². The molecule has 0 aliphatic heterocycles. The predicted molar refractivity (Wildman–Crippen MR) is 176 cm³/mol. The quantitative estimate of drug-likeness (QED) is 0.166. The highest BCUT2D eigenvalue weighted by atomic mass is 35.5. The number of esters is 1. The molecule has 0 bridgehead atoms. The number of hydrogen-bond donors (Lipinski definition) is 0. The minimum absolute atomic E-state index is 0.253. The molecule has 0 amide bonds. The Bertz CT molecular complexity index is 1830. The Labute approximate surface area is 266 Å². The fraction of sp³-hybridized carbons (Fsp3) is 0.441. The predicted octanol–water partition coefficient (Wildman–Crippen LogP) is 8.74. The van der Waals surface area contributed by atoms with Crippen LogP contribution in [0.15, 0.2) is 36.5 Å². The molecular weight excluding hydrogens is 594 g/mol. The molecule has 1 aliphatic rings. The van der Waals surface area contributed by atoms with Crippen molar-refractivity contribution in [3.63, 3.8) is 0 Å². The number of carbonyl (C=O) groups is 1. The summed E-state index contributed by atoms with van der Waals surface area (Å²) in [6, 6.07) is 9.67. The highest BCUT2D eigenvalue weighted by molar-refractivity contribution is 7.22. The first-order valence-electron chi connectivity index (χ1n) is 15.3. The molecule has 230 valence electrons. The van der Waals surface area contributed by atoms with Gasteiger partial charge in [0.15, 0.2) is 11.8 Å². The second-order valence-electron chi connectivity index (χ2n) is 12.5. The standard InChI is InChI=1S/C34H38ClN5O3S/c1-7-42-33(41)29(43-34(3,4)5)25-19(2)17-23-30(26(25)20-13-15-22(35)16-14-20)44-32(38-23)24-18-36-31-28(37-24)27(39-40(31)6)21-11-9-8-10-12-21/h13-18,21,29H,7-12H2,1-6H3/t29-/m0/s1. The number of benzene rings is 2. The van der Waals surface area contributed by atoms with Crippen molar-refractivity contribution >= 4 is 50.3 Å². The van der Waals surface area contributed by atoms with Crippen LogP contribution in [-0.4, -0.2) is 42.9 Å². The highest BCUT2D eigenvalue weighted by Crippen LogP contribution is 2.45. The van der Waals surface area contributed by atoms with Crippen LogP contribution in [0.25, 0.3) is 43.2 Å². The molecule has 1 fully saturated rings. The van der Waals surface area contributed by atoms with Gasteiger partial charge in [-0.15, -0.1) is 11.3 Å². The van der Waals surface area contributed by atoms with Gasteiger partial charge in [-0.2, -0.15) is 5.10 Å². The SMILES string of the molecule is CCOC(=O)[C@@H](OC(C)(C)C)c1c(C)cc2nc(-c3cnc4c(n3)c(C3CCCCC3)nn4C)sc2c1-c1ccc(Cl)cc1. The van der Waals surface area contributed by atoms with Crippen molar-refractivity contribution in [2.24, 2.45) is 7.05 Å². The van der Waals surface area contributed by atoms with Gasteiger partial charge < -0.3 is 9.47 Å². The molecule has 0 saturated heterocycles. The topological polar surface area (TPSA) is 92.0 Å². The van der Waals surface area contributed by atoms with Gasteiger partial charge in [0.1, 0.15) is 16.2 Å². The molecule has 44 heavy (non-hydrogen) atoms. The molecule has 8 nitrogen and oxygen atoms in total. The number of aromatic nitrogens is 5. The van der Waals surface area contributed by atoms with Gasteiger partial charge in [-0.3, -0.25) is 0 Å². The van der Waals surface area contributed by atoms with Crippen LogP contribution in [0.4, 0.5) is 0 Å². The van der Waals surface area contributed by atoms with E-state index in [1.807, 2.05) is 69.8 Å². The third-order valence-electron chi connectivity index (χ3n) is 8.07. The first kappa shape index (κ1) is 30.6. The summed E-state index contributed by atoms with van der Waals surface area (Å²) in [7, 11) is 1.93.